The van der Waals surface area contributed by atoms with E-state index in [0.717, 1.165) is 31.2 Å². The average Bonchev–Trinajstić information content (AvgIpc) is 2.69. The van der Waals surface area contributed by atoms with Crippen molar-refractivity contribution in [2.45, 2.75) is 51.1 Å². The van der Waals surface area contributed by atoms with Gasteiger partial charge in [-0.3, -0.25) is 9.59 Å². The smallest absolute Gasteiger partial charge is 0.252 e. The summed E-state index contributed by atoms with van der Waals surface area (Å²) in [4.78, 5) is 25.5. The Morgan fingerprint density at radius 3 is 2.08 bits per heavy atom. The standard InChI is InChI=1S/C22H26N2O2/c1-16(17-10-4-2-5-11-17)23-21(25)19-14-8-9-15-20(19)22(26)24-18-12-6-3-7-13-18/h2,4-5,8-11,14-16,18H,3,6-7,12-13H2,1H3,(H,23,25)(H,24,26)/t16-/m0/s1. The van der Waals surface area contributed by atoms with Crippen LogP contribution in [-0.2, 0) is 0 Å². The lowest BCUT2D eigenvalue weighted by atomic mass is 9.95. The molecule has 1 aliphatic rings. The molecule has 1 atom stereocenters. The van der Waals surface area contributed by atoms with E-state index in [9.17, 15) is 9.59 Å². The number of benzene rings is 2. The summed E-state index contributed by atoms with van der Waals surface area (Å²) in [5.74, 6) is -0.384. The highest BCUT2D eigenvalue weighted by atomic mass is 16.2. The number of hydrogen-bond acceptors (Lipinski definition) is 2. The number of carbonyl (C=O) groups is 2. The molecular weight excluding hydrogens is 324 g/mol. The Kier molecular flexibility index (Phi) is 6.05. The zero-order valence-electron chi connectivity index (χ0n) is 15.2. The summed E-state index contributed by atoms with van der Waals surface area (Å²) in [5, 5.41) is 6.09. The Hall–Kier alpha value is -2.62. The molecule has 2 aromatic rings. The summed E-state index contributed by atoms with van der Waals surface area (Å²) in [7, 11) is 0. The van der Waals surface area contributed by atoms with Gasteiger partial charge in [-0.25, -0.2) is 0 Å². The van der Waals surface area contributed by atoms with Crippen LogP contribution < -0.4 is 10.6 Å². The minimum Gasteiger partial charge on any atom is -0.349 e. The molecule has 4 nitrogen and oxygen atoms in total. The van der Waals surface area contributed by atoms with Crippen LogP contribution in [0.2, 0.25) is 0 Å². The van der Waals surface area contributed by atoms with E-state index >= 15 is 0 Å². The van der Waals surface area contributed by atoms with E-state index in [0.29, 0.717) is 11.1 Å². The van der Waals surface area contributed by atoms with E-state index in [1.165, 1.54) is 6.42 Å². The summed E-state index contributed by atoms with van der Waals surface area (Å²) in [6.45, 7) is 1.94. The lowest BCUT2D eigenvalue weighted by molar-refractivity contribution is 0.0898. The zero-order valence-corrected chi connectivity index (χ0v) is 15.2. The maximum atomic E-state index is 12.8. The maximum absolute atomic E-state index is 12.8. The molecule has 2 amide bonds. The average molecular weight is 350 g/mol. The van der Waals surface area contributed by atoms with Crippen molar-refractivity contribution in [3.05, 3.63) is 71.3 Å². The van der Waals surface area contributed by atoms with Crippen LogP contribution in [0.25, 0.3) is 0 Å². The third-order valence-corrected chi connectivity index (χ3v) is 5.00. The van der Waals surface area contributed by atoms with Gasteiger partial charge in [-0.15, -0.1) is 0 Å². The third kappa shape index (κ3) is 4.51. The largest absolute Gasteiger partial charge is 0.349 e. The van der Waals surface area contributed by atoms with Crippen molar-refractivity contribution in [2.75, 3.05) is 0 Å². The molecule has 26 heavy (non-hydrogen) atoms. The van der Waals surface area contributed by atoms with E-state index < -0.39 is 0 Å². The zero-order chi connectivity index (χ0) is 18.4. The van der Waals surface area contributed by atoms with E-state index in [1.807, 2.05) is 37.3 Å². The van der Waals surface area contributed by atoms with Crippen LogP contribution in [0.15, 0.2) is 54.6 Å². The van der Waals surface area contributed by atoms with Crippen molar-refractivity contribution in [1.82, 2.24) is 10.6 Å². The molecule has 2 aromatic carbocycles. The molecule has 0 spiro atoms. The topological polar surface area (TPSA) is 58.2 Å². The molecule has 0 aromatic heterocycles. The molecule has 136 valence electrons. The van der Waals surface area contributed by atoms with Gasteiger partial charge in [0.2, 0.25) is 0 Å². The summed E-state index contributed by atoms with van der Waals surface area (Å²) < 4.78 is 0. The molecule has 0 bridgehead atoms. The Labute approximate surface area is 155 Å². The predicted molar refractivity (Wildman–Crippen MR) is 103 cm³/mol. The summed E-state index contributed by atoms with van der Waals surface area (Å²) in [6.07, 6.45) is 5.59. The first-order valence-corrected chi connectivity index (χ1v) is 9.41. The second-order valence-corrected chi connectivity index (χ2v) is 6.96. The van der Waals surface area contributed by atoms with E-state index in [-0.39, 0.29) is 23.9 Å². The van der Waals surface area contributed by atoms with Crippen molar-refractivity contribution in [3.63, 3.8) is 0 Å². The first-order chi connectivity index (χ1) is 12.6. The van der Waals surface area contributed by atoms with Gasteiger partial charge in [0.25, 0.3) is 11.8 Å². The van der Waals surface area contributed by atoms with Crippen LogP contribution >= 0.6 is 0 Å². The fourth-order valence-electron chi connectivity index (χ4n) is 3.49. The first-order valence-electron chi connectivity index (χ1n) is 9.41. The molecule has 0 heterocycles. The highest BCUT2D eigenvalue weighted by Gasteiger charge is 2.21. The Balaban J connectivity index is 1.71. The van der Waals surface area contributed by atoms with Crippen molar-refractivity contribution < 1.29 is 9.59 Å². The number of nitrogens with one attached hydrogen (secondary N) is 2. The van der Waals surface area contributed by atoms with Crippen molar-refractivity contribution in [3.8, 4) is 0 Å². The molecule has 4 heteroatoms. The van der Waals surface area contributed by atoms with Gasteiger partial charge in [-0.2, -0.15) is 0 Å². The van der Waals surface area contributed by atoms with Gasteiger partial charge in [0.15, 0.2) is 0 Å². The number of hydrogen-bond donors (Lipinski definition) is 2. The second kappa shape index (κ2) is 8.65. The molecular formula is C22H26N2O2. The van der Waals surface area contributed by atoms with E-state index in [1.54, 1.807) is 24.3 Å². The molecule has 2 N–H and O–H groups in total. The van der Waals surface area contributed by atoms with Crippen LogP contribution in [0.5, 0.6) is 0 Å². The lowest BCUT2D eigenvalue weighted by Crippen LogP contribution is -2.37. The lowest BCUT2D eigenvalue weighted by Gasteiger charge is -2.23. The number of amides is 2. The molecule has 1 aliphatic carbocycles. The third-order valence-electron chi connectivity index (χ3n) is 5.00. The Morgan fingerprint density at radius 2 is 1.42 bits per heavy atom. The Bertz CT molecular complexity index is 752. The van der Waals surface area contributed by atoms with Crippen LogP contribution in [-0.4, -0.2) is 17.9 Å². The van der Waals surface area contributed by atoms with Gasteiger partial charge in [-0.05, 0) is 37.5 Å². The summed E-state index contributed by atoms with van der Waals surface area (Å²) in [6, 6.07) is 16.9. The van der Waals surface area contributed by atoms with Gasteiger partial charge in [0.05, 0.1) is 17.2 Å². The molecule has 0 unspecified atom stereocenters. The minimum atomic E-state index is -0.226. The normalized spacial score (nSPS) is 15.9. The maximum Gasteiger partial charge on any atom is 0.252 e. The second-order valence-electron chi connectivity index (χ2n) is 6.96. The van der Waals surface area contributed by atoms with Gasteiger partial charge in [0.1, 0.15) is 0 Å². The number of rotatable bonds is 5. The minimum absolute atomic E-state index is 0.127. The molecule has 3 rings (SSSR count). The fourth-order valence-corrected chi connectivity index (χ4v) is 3.49. The van der Waals surface area contributed by atoms with Gasteiger partial charge in [0, 0.05) is 6.04 Å². The van der Waals surface area contributed by atoms with Crippen molar-refractivity contribution in [1.29, 1.82) is 0 Å². The highest BCUT2D eigenvalue weighted by molar-refractivity contribution is 6.07. The molecule has 0 aliphatic heterocycles. The van der Waals surface area contributed by atoms with Crippen molar-refractivity contribution >= 4 is 11.8 Å². The monoisotopic (exact) mass is 350 g/mol. The van der Waals surface area contributed by atoms with Crippen LogP contribution in [0.4, 0.5) is 0 Å². The van der Waals surface area contributed by atoms with E-state index in [2.05, 4.69) is 10.6 Å². The van der Waals surface area contributed by atoms with E-state index in [4.69, 9.17) is 0 Å². The van der Waals surface area contributed by atoms with Crippen LogP contribution in [0, 0.1) is 0 Å². The molecule has 0 radical (unpaired) electrons. The van der Waals surface area contributed by atoms with Gasteiger partial charge in [-0.1, -0.05) is 61.7 Å². The van der Waals surface area contributed by atoms with Crippen LogP contribution in [0.3, 0.4) is 0 Å². The van der Waals surface area contributed by atoms with Gasteiger partial charge < -0.3 is 10.6 Å². The molecule has 0 saturated heterocycles. The Morgan fingerprint density at radius 1 is 0.846 bits per heavy atom. The highest BCUT2D eigenvalue weighted by Crippen LogP contribution is 2.19. The van der Waals surface area contributed by atoms with Crippen molar-refractivity contribution in [2.24, 2.45) is 0 Å². The molecule has 1 saturated carbocycles. The quantitative estimate of drug-likeness (QED) is 0.847. The SMILES string of the molecule is C[C@H](NC(=O)c1ccccc1C(=O)NC1CCCCC1)c1ccccc1. The summed E-state index contributed by atoms with van der Waals surface area (Å²) in [5.41, 5.74) is 1.89. The van der Waals surface area contributed by atoms with Crippen LogP contribution in [0.1, 0.15) is 71.3 Å². The first kappa shape index (κ1) is 18.2. The number of carbonyl (C=O) groups excluding carboxylic acids is 2. The fraction of sp³-hybridized carbons (Fsp3) is 0.364. The van der Waals surface area contributed by atoms with Gasteiger partial charge >= 0.3 is 0 Å². The molecule has 1 fully saturated rings. The summed E-state index contributed by atoms with van der Waals surface area (Å²) >= 11 is 0. The predicted octanol–water partition coefficient (Wildman–Crippen LogP) is 4.24.